The Kier molecular flexibility index (Phi) is 4.92. The molecule has 2 N–H and O–H groups in total. The lowest BCUT2D eigenvalue weighted by Gasteiger charge is -2.18. The second-order valence-electron chi connectivity index (χ2n) is 7.46. The van der Waals surface area contributed by atoms with Gasteiger partial charge in [-0.2, -0.15) is 0 Å². The van der Waals surface area contributed by atoms with Gasteiger partial charge in [0, 0.05) is 26.7 Å². The average Bonchev–Trinajstić information content (AvgIpc) is 3.22. The maximum Gasteiger partial charge on any atom is 0.233 e. The number of nitrogens with one attached hydrogen (secondary N) is 2. The molecule has 1 saturated heterocycles. The lowest BCUT2D eigenvalue weighted by atomic mass is 9.85. The number of imide groups is 1. The predicted molar refractivity (Wildman–Crippen MR) is 93.3 cm³/mol. The lowest BCUT2D eigenvalue weighted by Crippen LogP contribution is -2.41. The number of aliphatic imine (C=N–C) groups is 1. The molecule has 0 radical (unpaired) electrons. The van der Waals surface area contributed by atoms with Crippen LogP contribution in [0.15, 0.2) is 17.1 Å². The molecular weight excluding hydrogens is 304 g/mol. The Balaban J connectivity index is 1.45. The highest BCUT2D eigenvalue weighted by Gasteiger charge is 2.58. The molecule has 0 spiro atoms. The van der Waals surface area contributed by atoms with Crippen molar-refractivity contribution in [3.05, 3.63) is 12.2 Å². The van der Waals surface area contributed by atoms with Gasteiger partial charge in [0.2, 0.25) is 11.8 Å². The third kappa shape index (κ3) is 3.06. The third-order valence-electron chi connectivity index (χ3n) is 5.31. The van der Waals surface area contributed by atoms with Crippen LogP contribution in [0.5, 0.6) is 0 Å². The molecule has 24 heavy (non-hydrogen) atoms. The number of rotatable bonds is 6. The zero-order valence-electron chi connectivity index (χ0n) is 14.8. The summed E-state index contributed by atoms with van der Waals surface area (Å²) in [6.07, 6.45) is 5.99. The van der Waals surface area contributed by atoms with Gasteiger partial charge in [0.1, 0.15) is 0 Å². The second-order valence-corrected chi connectivity index (χ2v) is 7.46. The van der Waals surface area contributed by atoms with Gasteiger partial charge in [-0.3, -0.25) is 19.5 Å². The van der Waals surface area contributed by atoms with Crippen LogP contribution in [0.25, 0.3) is 0 Å². The van der Waals surface area contributed by atoms with Crippen molar-refractivity contribution in [3.63, 3.8) is 0 Å². The number of hydrogen-bond acceptors (Lipinski definition) is 3. The second kappa shape index (κ2) is 6.95. The summed E-state index contributed by atoms with van der Waals surface area (Å²) >= 11 is 0. The summed E-state index contributed by atoms with van der Waals surface area (Å²) in [6.45, 7) is 6.34. The summed E-state index contributed by atoms with van der Waals surface area (Å²) in [5.41, 5.74) is 0. The molecule has 132 valence electrons. The van der Waals surface area contributed by atoms with Gasteiger partial charge in [-0.25, -0.2) is 0 Å². The fraction of sp³-hybridized carbons (Fsp3) is 0.722. The number of amides is 2. The van der Waals surface area contributed by atoms with Crippen LogP contribution >= 0.6 is 0 Å². The van der Waals surface area contributed by atoms with Crippen LogP contribution in [0.4, 0.5) is 0 Å². The van der Waals surface area contributed by atoms with E-state index in [1.165, 1.54) is 4.90 Å². The minimum Gasteiger partial charge on any atom is -0.356 e. The van der Waals surface area contributed by atoms with Crippen molar-refractivity contribution in [2.24, 2.45) is 34.6 Å². The van der Waals surface area contributed by atoms with Gasteiger partial charge >= 0.3 is 0 Å². The maximum atomic E-state index is 12.6. The van der Waals surface area contributed by atoms with Crippen LogP contribution in [-0.4, -0.2) is 49.4 Å². The monoisotopic (exact) mass is 332 g/mol. The molecule has 4 unspecified atom stereocenters. The van der Waals surface area contributed by atoms with Crippen LogP contribution in [-0.2, 0) is 9.59 Å². The molecular formula is C18H28N4O2. The summed E-state index contributed by atoms with van der Waals surface area (Å²) in [5, 5.41) is 6.49. The van der Waals surface area contributed by atoms with Crippen molar-refractivity contribution in [2.75, 3.05) is 26.7 Å². The molecule has 0 aromatic carbocycles. The highest BCUT2D eigenvalue weighted by molar-refractivity contribution is 6.06. The molecule has 2 aliphatic carbocycles. The third-order valence-corrected chi connectivity index (χ3v) is 5.31. The number of allylic oxidation sites excluding steroid dienone is 2. The van der Waals surface area contributed by atoms with E-state index in [-0.39, 0.29) is 23.7 Å². The Morgan fingerprint density at radius 2 is 1.83 bits per heavy atom. The number of fused-ring (bicyclic) bond motifs is 5. The first kappa shape index (κ1) is 17.0. The van der Waals surface area contributed by atoms with E-state index in [1.807, 2.05) is 0 Å². The van der Waals surface area contributed by atoms with E-state index in [0.29, 0.717) is 30.8 Å². The quantitative estimate of drug-likeness (QED) is 0.250. The lowest BCUT2D eigenvalue weighted by molar-refractivity contribution is -0.140. The molecule has 1 aliphatic heterocycles. The van der Waals surface area contributed by atoms with Crippen LogP contribution in [0.1, 0.15) is 26.7 Å². The standard InChI is InChI=1S/C18H28N4O2/c1-11(2)10-21-18(19-3)20-7-4-8-22-16(23)14-12-5-6-13(9-12)15(14)17(22)24/h5-6,11-15H,4,7-10H2,1-3H3,(H2,19,20,21). The van der Waals surface area contributed by atoms with E-state index in [1.54, 1.807) is 7.05 Å². The van der Waals surface area contributed by atoms with Crippen LogP contribution in [0.3, 0.4) is 0 Å². The number of carbonyl (C=O) groups excluding carboxylic acids is 2. The van der Waals surface area contributed by atoms with Crippen LogP contribution in [0.2, 0.25) is 0 Å². The van der Waals surface area contributed by atoms with Crippen molar-refractivity contribution in [2.45, 2.75) is 26.7 Å². The van der Waals surface area contributed by atoms with Crippen molar-refractivity contribution >= 4 is 17.8 Å². The Morgan fingerprint density at radius 1 is 1.21 bits per heavy atom. The number of hydrogen-bond donors (Lipinski definition) is 2. The smallest absolute Gasteiger partial charge is 0.233 e. The molecule has 0 aromatic rings. The topological polar surface area (TPSA) is 73.8 Å². The van der Waals surface area contributed by atoms with Crippen LogP contribution in [0, 0.1) is 29.6 Å². The minimum absolute atomic E-state index is 0.0455. The summed E-state index contributed by atoms with van der Waals surface area (Å²) in [7, 11) is 1.74. The molecule has 6 nitrogen and oxygen atoms in total. The van der Waals surface area contributed by atoms with E-state index in [9.17, 15) is 9.59 Å². The Labute approximate surface area is 143 Å². The van der Waals surface area contributed by atoms with Gasteiger partial charge in [-0.1, -0.05) is 26.0 Å². The fourth-order valence-electron chi connectivity index (χ4n) is 4.15. The van der Waals surface area contributed by atoms with Gasteiger partial charge in [-0.15, -0.1) is 0 Å². The summed E-state index contributed by atoms with van der Waals surface area (Å²) in [5.74, 6) is 1.82. The summed E-state index contributed by atoms with van der Waals surface area (Å²) in [4.78, 5) is 30.8. The van der Waals surface area contributed by atoms with Gasteiger partial charge in [0.25, 0.3) is 0 Å². The van der Waals surface area contributed by atoms with Gasteiger partial charge in [0.15, 0.2) is 5.96 Å². The van der Waals surface area contributed by atoms with Crippen molar-refractivity contribution in [1.29, 1.82) is 0 Å². The Bertz CT molecular complexity index is 539. The van der Waals surface area contributed by atoms with Crippen LogP contribution < -0.4 is 10.6 Å². The maximum absolute atomic E-state index is 12.6. The van der Waals surface area contributed by atoms with Gasteiger partial charge in [-0.05, 0) is 30.6 Å². The average molecular weight is 332 g/mol. The normalized spacial score (nSPS) is 31.3. The number of likely N-dealkylation sites (tertiary alicyclic amines) is 1. The Hall–Kier alpha value is -1.85. The summed E-state index contributed by atoms with van der Waals surface area (Å²) in [6, 6.07) is 0. The highest BCUT2D eigenvalue weighted by Crippen LogP contribution is 2.52. The van der Waals surface area contributed by atoms with Crippen molar-refractivity contribution in [3.8, 4) is 0 Å². The van der Waals surface area contributed by atoms with Crippen molar-refractivity contribution in [1.82, 2.24) is 15.5 Å². The first-order chi connectivity index (χ1) is 11.5. The van der Waals surface area contributed by atoms with E-state index >= 15 is 0 Å². The minimum atomic E-state index is -0.0825. The van der Waals surface area contributed by atoms with E-state index < -0.39 is 0 Å². The van der Waals surface area contributed by atoms with Crippen molar-refractivity contribution < 1.29 is 9.59 Å². The number of nitrogens with zero attached hydrogens (tertiary/aromatic N) is 2. The zero-order valence-corrected chi connectivity index (χ0v) is 14.8. The molecule has 6 heteroatoms. The van der Waals surface area contributed by atoms with E-state index in [0.717, 1.165) is 25.3 Å². The zero-order chi connectivity index (χ0) is 17.3. The predicted octanol–water partition coefficient (Wildman–Crippen LogP) is 1.00. The fourth-order valence-corrected chi connectivity index (χ4v) is 4.15. The molecule has 1 heterocycles. The van der Waals surface area contributed by atoms with E-state index in [4.69, 9.17) is 0 Å². The number of guanidine groups is 1. The molecule has 3 aliphatic rings. The molecule has 0 aromatic heterocycles. The molecule has 2 amide bonds. The molecule has 3 rings (SSSR count). The first-order valence-corrected chi connectivity index (χ1v) is 9.01. The van der Waals surface area contributed by atoms with Gasteiger partial charge in [0.05, 0.1) is 11.8 Å². The SMILES string of the molecule is CN=C(NCCCN1C(=O)C2C3C=CC(C3)C2C1=O)NCC(C)C. The molecule has 1 saturated carbocycles. The molecule has 4 atom stereocenters. The molecule has 2 fully saturated rings. The van der Waals surface area contributed by atoms with E-state index in [2.05, 4.69) is 41.6 Å². The van der Waals surface area contributed by atoms with Gasteiger partial charge < -0.3 is 10.6 Å². The highest BCUT2D eigenvalue weighted by atomic mass is 16.2. The molecule has 2 bridgehead atoms. The largest absolute Gasteiger partial charge is 0.356 e. The number of carbonyl (C=O) groups is 2. The Morgan fingerprint density at radius 3 is 2.38 bits per heavy atom. The summed E-state index contributed by atoms with van der Waals surface area (Å²) < 4.78 is 0. The first-order valence-electron chi connectivity index (χ1n) is 9.01.